The molecule has 1 aliphatic rings. The highest BCUT2D eigenvalue weighted by Gasteiger charge is 2.30. The van der Waals surface area contributed by atoms with E-state index in [-0.39, 0.29) is 6.42 Å². The van der Waals surface area contributed by atoms with Crippen molar-refractivity contribution in [1.82, 2.24) is 0 Å². The highest BCUT2D eigenvalue weighted by atomic mass is 32.2. The van der Waals surface area contributed by atoms with Gasteiger partial charge in [-0.1, -0.05) is 78.5 Å². The Kier molecular flexibility index (Phi) is 9.54. The number of hydrogen-bond donors (Lipinski definition) is 1. The number of nitrogens with zero attached hydrogens (tertiary/aromatic N) is 2. The number of anilines is 5. The summed E-state index contributed by atoms with van der Waals surface area (Å²) in [5.41, 5.74) is 7.56. The number of methoxy groups -OCH3 is 2. The van der Waals surface area contributed by atoms with Crippen LogP contribution in [0.1, 0.15) is 17.2 Å². The van der Waals surface area contributed by atoms with Crippen LogP contribution in [-0.2, 0) is 10.1 Å². The van der Waals surface area contributed by atoms with E-state index < -0.39 is 15.4 Å². The van der Waals surface area contributed by atoms with Gasteiger partial charge in [0.25, 0.3) is 10.1 Å². The summed E-state index contributed by atoms with van der Waals surface area (Å²) in [6.07, 6.45) is 0.202. The first-order valence-corrected chi connectivity index (χ1v) is 18.5. The first kappa shape index (κ1) is 33.3. The fourth-order valence-corrected chi connectivity index (χ4v) is 8.49. The van der Waals surface area contributed by atoms with Crippen LogP contribution in [0, 0.1) is 0 Å². The topological polar surface area (TPSA) is 79.3 Å². The molecule has 0 fully saturated rings. The molecule has 9 heteroatoms. The van der Waals surface area contributed by atoms with Crippen LogP contribution in [0.25, 0.3) is 11.1 Å². The molecule has 0 spiro atoms. The van der Waals surface area contributed by atoms with Gasteiger partial charge in [-0.15, -0.1) is 0 Å². The van der Waals surface area contributed by atoms with Gasteiger partial charge in [-0.25, -0.2) is 0 Å². The maximum atomic E-state index is 12.7. The lowest BCUT2D eigenvalue weighted by atomic mass is 10.0. The largest absolute Gasteiger partial charge is 0.497 e. The quantitative estimate of drug-likeness (QED) is 0.134. The highest BCUT2D eigenvalue weighted by Crippen LogP contribution is 2.52. The van der Waals surface area contributed by atoms with E-state index in [0.29, 0.717) is 12.1 Å². The molecule has 50 heavy (non-hydrogen) atoms. The minimum atomic E-state index is -4.35. The van der Waals surface area contributed by atoms with E-state index in [1.54, 1.807) is 50.2 Å². The Balaban J connectivity index is 1.27. The number of benzene rings is 6. The molecule has 7 rings (SSSR count). The number of rotatable bonds is 11. The molecule has 1 N–H and O–H groups in total. The standard InChI is InChI=1S/C41H36N2O5S2/c1-47-34-23-19-32(20-24-34)43(33-21-25-35(48-2)26-22-33)31-17-15-29(16-18-31)36-11-8-14-39-41(36)42(37-12-6-7-13-38(37)49-39)28-27-40(50(44,45)46)30-9-4-3-5-10-30/h3-26,40H,27-28H2,1-2H3,(H,44,45,46). The van der Waals surface area contributed by atoms with Gasteiger partial charge in [0.2, 0.25) is 0 Å². The lowest BCUT2D eigenvalue weighted by Gasteiger charge is -2.35. The van der Waals surface area contributed by atoms with E-state index in [1.807, 2.05) is 66.7 Å². The average molecular weight is 701 g/mol. The van der Waals surface area contributed by atoms with Crippen molar-refractivity contribution in [2.45, 2.75) is 21.5 Å². The van der Waals surface area contributed by atoms with Gasteiger partial charge in [0.1, 0.15) is 16.7 Å². The minimum absolute atomic E-state index is 0.202. The SMILES string of the molecule is COc1ccc(N(c2ccc(OC)cc2)c2ccc(-c3cccc4c3N(CCC(c3ccccc3)S(=O)(=O)O)c3ccccc3S4)cc2)cc1. The molecule has 6 aromatic rings. The fourth-order valence-electron chi connectivity index (χ4n) is 6.46. The molecule has 1 atom stereocenters. The molecule has 0 aromatic heterocycles. The molecule has 1 unspecified atom stereocenters. The number of fused-ring (bicyclic) bond motifs is 2. The van der Waals surface area contributed by atoms with Crippen molar-refractivity contribution in [2.24, 2.45) is 0 Å². The summed E-state index contributed by atoms with van der Waals surface area (Å²) in [4.78, 5) is 6.55. The molecule has 0 amide bonds. The maximum absolute atomic E-state index is 12.7. The Morgan fingerprint density at radius 2 is 1.20 bits per heavy atom. The first-order chi connectivity index (χ1) is 24.3. The number of hydrogen-bond acceptors (Lipinski definition) is 7. The van der Waals surface area contributed by atoms with Crippen molar-refractivity contribution in [3.63, 3.8) is 0 Å². The third-order valence-electron chi connectivity index (χ3n) is 8.89. The summed E-state index contributed by atoms with van der Waals surface area (Å²) in [7, 11) is -1.04. The average Bonchev–Trinajstić information content (AvgIpc) is 3.15. The molecular formula is C41H36N2O5S2. The van der Waals surface area contributed by atoms with Crippen LogP contribution >= 0.6 is 11.8 Å². The number of ether oxygens (including phenoxy) is 2. The predicted octanol–water partition coefficient (Wildman–Crippen LogP) is 10.5. The molecule has 6 aromatic carbocycles. The number of para-hydroxylation sites is 2. The van der Waals surface area contributed by atoms with Crippen molar-refractivity contribution >= 4 is 50.3 Å². The van der Waals surface area contributed by atoms with Gasteiger partial charge in [0.15, 0.2) is 0 Å². The van der Waals surface area contributed by atoms with Crippen LogP contribution in [0.15, 0.2) is 155 Å². The first-order valence-electron chi connectivity index (χ1n) is 16.2. The van der Waals surface area contributed by atoms with Gasteiger partial charge in [0.05, 0.1) is 25.6 Å². The zero-order chi connectivity index (χ0) is 34.7. The molecular weight excluding hydrogens is 665 g/mol. The second-order valence-electron chi connectivity index (χ2n) is 11.9. The monoisotopic (exact) mass is 700 g/mol. The van der Waals surface area contributed by atoms with E-state index in [0.717, 1.165) is 60.9 Å². The second kappa shape index (κ2) is 14.3. The minimum Gasteiger partial charge on any atom is -0.497 e. The van der Waals surface area contributed by atoms with Gasteiger partial charge in [-0.05, 0) is 96.4 Å². The molecule has 252 valence electrons. The van der Waals surface area contributed by atoms with Gasteiger partial charge < -0.3 is 19.3 Å². The summed E-state index contributed by atoms with van der Waals surface area (Å²) < 4.78 is 46.5. The lowest BCUT2D eigenvalue weighted by molar-refractivity contribution is 0.415. The van der Waals surface area contributed by atoms with Gasteiger partial charge in [0, 0.05) is 39.0 Å². The van der Waals surface area contributed by atoms with Crippen LogP contribution < -0.4 is 19.3 Å². The zero-order valence-electron chi connectivity index (χ0n) is 27.6. The van der Waals surface area contributed by atoms with Gasteiger partial charge >= 0.3 is 0 Å². The Morgan fingerprint density at radius 1 is 0.660 bits per heavy atom. The second-order valence-corrected chi connectivity index (χ2v) is 14.5. The van der Waals surface area contributed by atoms with Crippen LogP contribution in [0.3, 0.4) is 0 Å². The normalized spacial score (nSPS) is 12.8. The third kappa shape index (κ3) is 6.80. The Morgan fingerprint density at radius 3 is 1.78 bits per heavy atom. The van der Waals surface area contributed by atoms with E-state index >= 15 is 0 Å². The van der Waals surface area contributed by atoms with E-state index in [2.05, 4.69) is 64.4 Å². The molecule has 1 heterocycles. The van der Waals surface area contributed by atoms with Crippen LogP contribution in [-0.4, -0.2) is 33.7 Å². The molecule has 0 bridgehead atoms. The third-order valence-corrected chi connectivity index (χ3v) is 11.2. The Labute approximate surface area is 297 Å². The van der Waals surface area contributed by atoms with Gasteiger partial charge in [-0.3, -0.25) is 4.55 Å². The van der Waals surface area contributed by atoms with E-state index in [1.165, 1.54) is 0 Å². The summed E-state index contributed by atoms with van der Waals surface area (Å²) in [6.45, 7) is 0.377. The lowest BCUT2D eigenvalue weighted by Crippen LogP contribution is -2.26. The Bertz CT molecular complexity index is 2140. The summed E-state index contributed by atoms with van der Waals surface area (Å²) in [5, 5.41) is -1.05. The maximum Gasteiger partial charge on any atom is 0.272 e. The fraction of sp³-hybridized carbons (Fsp3) is 0.122. The zero-order valence-corrected chi connectivity index (χ0v) is 29.3. The van der Waals surface area contributed by atoms with Crippen molar-refractivity contribution < 1.29 is 22.4 Å². The van der Waals surface area contributed by atoms with E-state index in [4.69, 9.17) is 9.47 Å². The molecule has 0 saturated heterocycles. The summed E-state index contributed by atoms with van der Waals surface area (Å²) in [6, 6.07) is 47.8. The van der Waals surface area contributed by atoms with Crippen molar-refractivity contribution in [3.8, 4) is 22.6 Å². The van der Waals surface area contributed by atoms with Crippen molar-refractivity contribution in [1.29, 1.82) is 0 Å². The molecule has 1 aliphatic heterocycles. The molecule has 0 saturated carbocycles. The van der Waals surface area contributed by atoms with Crippen LogP contribution in [0.2, 0.25) is 0 Å². The van der Waals surface area contributed by atoms with Gasteiger partial charge in [-0.2, -0.15) is 8.42 Å². The van der Waals surface area contributed by atoms with Crippen molar-refractivity contribution in [2.75, 3.05) is 30.6 Å². The Hall–Kier alpha value is -5.22. The van der Waals surface area contributed by atoms with Crippen LogP contribution in [0.4, 0.5) is 28.4 Å². The predicted molar refractivity (Wildman–Crippen MR) is 203 cm³/mol. The molecule has 0 radical (unpaired) electrons. The smallest absolute Gasteiger partial charge is 0.272 e. The van der Waals surface area contributed by atoms with E-state index in [9.17, 15) is 13.0 Å². The summed E-state index contributed by atoms with van der Waals surface area (Å²) >= 11 is 1.70. The molecule has 0 aliphatic carbocycles. The summed E-state index contributed by atoms with van der Waals surface area (Å²) in [5.74, 6) is 1.56. The molecule has 7 nitrogen and oxygen atoms in total. The van der Waals surface area contributed by atoms with Crippen molar-refractivity contribution in [3.05, 3.63) is 151 Å². The van der Waals surface area contributed by atoms with Crippen LogP contribution in [0.5, 0.6) is 11.5 Å². The highest BCUT2D eigenvalue weighted by molar-refractivity contribution is 7.99.